The predicted molar refractivity (Wildman–Crippen MR) is 68.5 cm³/mol. The topological polar surface area (TPSA) is 42.9 Å². The molecule has 0 unspecified atom stereocenters. The van der Waals surface area contributed by atoms with Crippen LogP contribution in [0.1, 0.15) is 46.9 Å². The van der Waals surface area contributed by atoms with Crippen molar-refractivity contribution in [3.8, 4) is 0 Å². The van der Waals surface area contributed by atoms with E-state index < -0.39 is 0 Å². The molecular formula is C15H14N2O. The molecule has 1 aliphatic rings. The largest absolute Gasteiger partial charge is 0.285 e. The number of carbonyl (C=O) groups is 1. The van der Waals surface area contributed by atoms with Crippen molar-refractivity contribution in [1.82, 2.24) is 9.97 Å². The van der Waals surface area contributed by atoms with Crippen LogP contribution in [0.2, 0.25) is 0 Å². The molecule has 1 aliphatic carbocycles. The highest BCUT2D eigenvalue weighted by Gasteiger charge is 2.20. The minimum Gasteiger partial charge on any atom is -0.285 e. The monoisotopic (exact) mass is 238 g/mol. The third kappa shape index (κ3) is 2.04. The van der Waals surface area contributed by atoms with Gasteiger partial charge in [0.05, 0.1) is 0 Å². The molecular weight excluding hydrogens is 224 g/mol. The van der Waals surface area contributed by atoms with E-state index in [-0.39, 0.29) is 11.6 Å². The summed E-state index contributed by atoms with van der Waals surface area (Å²) in [5.74, 6) is 0.800. The van der Waals surface area contributed by atoms with Crippen molar-refractivity contribution in [2.45, 2.75) is 25.2 Å². The van der Waals surface area contributed by atoms with Crippen molar-refractivity contribution in [2.75, 3.05) is 0 Å². The third-order valence-electron chi connectivity index (χ3n) is 3.49. The summed E-state index contributed by atoms with van der Waals surface area (Å²) in [6, 6.07) is 9.58. The van der Waals surface area contributed by atoms with E-state index in [1.165, 1.54) is 24.8 Å². The molecule has 3 heteroatoms. The van der Waals surface area contributed by atoms with Gasteiger partial charge in [-0.3, -0.25) is 4.79 Å². The van der Waals surface area contributed by atoms with Gasteiger partial charge in [-0.25, -0.2) is 9.97 Å². The number of carbonyl (C=O) groups excluding carboxylic acids is 1. The fraction of sp³-hybridized carbons (Fsp3) is 0.267. The maximum atomic E-state index is 12.2. The Morgan fingerprint density at radius 1 is 1.11 bits per heavy atom. The number of nitrogens with zero attached hydrogens (tertiary/aromatic N) is 2. The summed E-state index contributed by atoms with van der Waals surface area (Å²) >= 11 is 0. The number of ketones is 1. The maximum Gasteiger partial charge on any atom is 0.230 e. The lowest BCUT2D eigenvalue weighted by atomic mass is 9.79. The molecule has 0 aliphatic heterocycles. The van der Waals surface area contributed by atoms with E-state index in [2.05, 4.69) is 16.0 Å². The summed E-state index contributed by atoms with van der Waals surface area (Å²) in [6.45, 7) is 0. The van der Waals surface area contributed by atoms with Crippen molar-refractivity contribution >= 4 is 5.78 Å². The Morgan fingerprint density at radius 2 is 1.89 bits per heavy atom. The summed E-state index contributed by atoms with van der Waals surface area (Å²) in [4.78, 5) is 20.2. The van der Waals surface area contributed by atoms with Crippen molar-refractivity contribution in [1.29, 1.82) is 0 Å². The van der Waals surface area contributed by atoms with Crippen LogP contribution in [0.5, 0.6) is 0 Å². The second-order valence-electron chi connectivity index (χ2n) is 4.65. The van der Waals surface area contributed by atoms with Crippen molar-refractivity contribution < 1.29 is 4.79 Å². The van der Waals surface area contributed by atoms with Gasteiger partial charge < -0.3 is 0 Å². The fourth-order valence-corrected chi connectivity index (χ4v) is 2.22. The van der Waals surface area contributed by atoms with Gasteiger partial charge in [-0.05, 0) is 36.5 Å². The summed E-state index contributed by atoms with van der Waals surface area (Å²) in [7, 11) is 0. The molecule has 1 fully saturated rings. The first kappa shape index (κ1) is 11.1. The van der Waals surface area contributed by atoms with Crippen LogP contribution in [0, 0.1) is 0 Å². The summed E-state index contributed by atoms with van der Waals surface area (Å²) in [5.41, 5.74) is 1.95. The molecule has 1 heterocycles. The third-order valence-corrected chi connectivity index (χ3v) is 3.49. The highest BCUT2D eigenvalue weighted by molar-refractivity contribution is 6.06. The molecule has 0 amide bonds. The van der Waals surface area contributed by atoms with E-state index in [0.29, 0.717) is 11.5 Å². The van der Waals surface area contributed by atoms with Crippen molar-refractivity contribution in [3.05, 3.63) is 59.7 Å². The first-order chi connectivity index (χ1) is 8.84. The molecule has 90 valence electrons. The zero-order chi connectivity index (χ0) is 12.4. The highest BCUT2D eigenvalue weighted by atomic mass is 16.1. The SMILES string of the molecule is O=C(c1cccc(C2CCC2)c1)c1ncccn1. The first-order valence-corrected chi connectivity index (χ1v) is 6.26. The molecule has 0 atom stereocenters. The van der Waals surface area contributed by atoms with E-state index in [1.807, 2.05) is 18.2 Å². The van der Waals surface area contributed by atoms with Gasteiger partial charge in [-0.2, -0.15) is 0 Å². The number of aromatic nitrogens is 2. The molecule has 1 saturated carbocycles. The van der Waals surface area contributed by atoms with E-state index >= 15 is 0 Å². The van der Waals surface area contributed by atoms with Crippen LogP contribution in [0.15, 0.2) is 42.7 Å². The van der Waals surface area contributed by atoms with Gasteiger partial charge in [-0.15, -0.1) is 0 Å². The number of hydrogen-bond acceptors (Lipinski definition) is 3. The van der Waals surface area contributed by atoms with E-state index in [0.717, 1.165) is 0 Å². The smallest absolute Gasteiger partial charge is 0.230 e. The zero-order valence-electron chi connectivity index (χ0n) is 10.0. The summed E-state index contributed by atoms with van der Waals surface area (Å²) < 4.78 is 0. The number of hydrogen-bond donors (Lipinski definition) is 0. The second-order valence-corrected chi connectivity index (χ2v) is 4.65. The molecule has 1 aromatic carbocycles. The molecule has 1 aromatic heterocycles. The van der Waals surface area contributed by atoms with Crippen LogP contribution in [0.3, 0.4) is 0 Å². The molecule has 3 nitrogen and oxygen atoms in total. The van der Waals surface area contributed by atoms with Crippen molar-refractivity contribution in [3.63, 3.8) is 0 Å². The summed E-state index contributed by atoms with van der Waals surface area (Å²) in [5, 5.41) is 0. The average Bonchev–Trinajstić information content (AvgIpc) is 2.37. The van der Waals surface area contributed by atoms with Crippen LogP contribution in [-0.2, 0) is 0 Å². The van der Waals surface area contributed by atoms with Crippen LogP contribution < -0.4 is 0 Å². The lowest BCUT2D eigenvalue weighted by molar-refractivity contribution is 0.102. The summed E-state index contributed by atoms with van der Waals surface area (Å²) in [6.07, 6.45) is 6.95. The minimum atomic E-state index is -0.100. The lowest BCUT2D eigenvalue weighted by Crippen LogP contribution is -2.11. The van der Waals surface area contributed by atoms with Gasteiger partial charge in [0.2, 0.25) is 11.6 Å². The number of benzene rings is 1. The standard InChI is InChI=1S/C15H14N2O/c18-14(15-16-8-3-9-17-15)13-7-2-6-12(10-13)11-4-1-5-11/h2-3,6-11H,1,4-5H2. The molecule has 0 radical (unpaired) electrons. The second kappa shape index (κ2) is 4.69. The maximum absolute atomic E-state index is 12.2. The number of rotatable bonds is 3. The van der Waals surface area contributed by atoms with Crippen molar-refractivity contribution in [2.24, 2.45) is 0 Å². The Kier molecular flexibility index (Phi) is 2.89. The quantitative estimate of drug-likeness (QED) is 0.772. The predicted octanol–water partition coefficient (Wildman–Crippen LogP) is 2.98. The highest BCUT2D eigenvalue weighted by Crippen LogP contribution is 2.36. The molecule has 0 spiro atoms. The molecule has 3 rings (SSSR count). The van der Waals surface area contributed by atoms with Crippen LogP contribution in [0.25, 0.3) is 0 Å². The minimum absolute atomic E-state index is 0.100. The Bertz CT molecular complexity index is 562. The van der Waals surface area contributed by atoms with Gasteiger partial charge in [-0.1, -0.05) is 24.6 Å². The van der Waals surface area contributed by atoms with E-state index in [9.17, 15) is 4.79 Å². The fourth-order valence-electron chi connectivity index (χ4n) is 2.22. The Balaban J connectivity index is 1.90. The average molecular weight is 238 g/mol. The van der Waals surface area contributed by atoms with Crippen LogP contribution in [0.4, 0.5) is 0 Å². The molecule has 0 N–H and O–H groups in total. The van der Waals surface area contributed by atoms with Crippen LogP contribution >= 0.6 is 0 Å². The molecule has 0 saturated heterocycles. The van der Waals surface area contributed by atoms with E-state index in [1.54, 1.807) is 18.5 Å². The Labute approximate surface area is 106 Å². The van der Waals surface area contributed by atoms with Crippen LogP contribution in [-0.4, -0.2) is 15.8 Å². The van der Waals surface area contributed by atoms with Gasteiger partial charge in [0, 0.05) is 18.0 Å². The lowest BCUT2D eigenvalue weighted by Gasteiger charge is -2.25. The zero-order valence-corrected chi connectivity index (χ0v) is 10.0. The normalized spacial score (nSPS) is 15.1. The van der Waals surface area contributed by atoms with Gasteiger partial charge in [0.15, 0.2) is 0 Å². The van der Waals surface area contributed by atoms with Gasteiger partial charge >= 0.3 is 0 Å². The first-order valence-electron chi connectivity index (χ1n) is 6.26. The van der Waals surface area contributed by atoms with E-state index in [4.69, 9.17) is 0 Å². The molecule has 2 aromatic rings. The van der Waals surface area contributed by atoms with Gasteiger partial charge in [0.25, 0.3) is 0 Å². The Hall–Kier alpha value is -2.03. The van der Waals surface area contributed by atoms with Gasteiger partial charge in [0.1, 0.15) is 0 Å². The molecule has 18 heavy (non-hydrogen) atoms. The molecule has 0 bridgehead atoms. The Morgan fingerprint density at radius 3 is 2.56 bits per heavy atom.